The van der Waals surface area contributed by atoms with E-state index in [1.807, 2.05) is 0 Å². The normalized spacial score (nSPS) is 11.7. The van der Waals surface area contributed by atoms with E-state index in [1.165, 1.54) is 26.1 Å². The van der Waals surface area contributed by atoms with E-state index >= 15 is 0 Å². The second kappa shape index (κ2) is 6.72. The van der Waals surface area contributed by atoms with E-state index in [1.54, 1.807) is 12.1 Å². The van der Waals surface area contributed by atoms with Crippen LogP contribution in [0.1, 0.15) is 12.5 Å². The molecule has 6 heteroatoms. The van der Waals surface area contributed by atoms with Crippen molar-refractivity contribution in [2.45, 2.75) is 19.4 Å². The number of carboxylic acid groups (broad SMARTS) is 1. The molecule has 2 N–H and O–H groups in total. The van der Waals surface area contributed by atoms with Crippen molar-refractivity contribution in [2.24, 2.45) is 0 Å². The first-order valence-corrected chi connectivity index (χ1v) is 5.89. The fourth-order valence-corrected chi connectivity index (χ4v) is 1.47. The van der Waals surface area contributed by atoms with Gasteiger partial charge in [0.05, 0.1) is 0 Å². The van der Waals surface area contributed by atoms with Gasteiger partial charge in [0, 0.05) is 13.6 Å². The number of aliphatic carboxylic acids is 1. The SMILES string of the molecule is CC(C(=O)O)N(C)C(=O)NCCc1cccc(F)c1. The lowest BCUT2D eigenvalue weighted by Crippen LogP contribution is -2.46. The van der Waals surface area contributed by atoms with Crippen LogP contribution in [0.2, 0.25) is 0 Å². The van der Waals surface area contributed by atoms with Crippen LogP contribution in [0, 0.1) is 5.82 Å². The van der Waals surface area contributed by atoms with E-state index in [4.69, 9.17) is 5.11 Å². The second-order valence-corrected chi connectivity index (χ2v) is 4.24. The van der Waals surface area contributed by atoms with E-state index in [0.29, 0.717) is 13.0 Å². The zero-order valence-electron chi connectivity index (χ0n) is 10.9. The highest BCUT2D eigenvalue weighted by Gasteiger charge is 2.20. The summed E-state index contributed by atoms with van der Waals surface area (Å²) in [7, 11) is 1.41. The van der Waals surface area contributed by atoms with Crippen molar-refractivity contribution in [1.29, 1.82) is 0 Å². The Bertz CT molecular complexity index is 465. The third kappa shape index (κ3) is 4.57. The van der Waals surface area contributed by atoms with Crippen molar-refractivity contribution in [3.05, 3.63) is 35.6 Å². The molecule has 0 saturated heterocycles. The Morgan fingerprint density at radius 1 is 1.47 bits per heavy atom. The number of hydrogen-bond acceptors (Lipinski definition) is 2. The first-order chi connectivity index (χ1) is 8.91. The Balaban J connectivity index is 2.41. The molecule has 0 aliphatic heterocycles. The lowest BCUT2D eigenvalue weighted by atomic mass is 10.1. The third-order valence-corrected chi connectivity index (χ3v) is 2.84. The van der Waals surface area contributed by atoms with Gasteiger partial charge < -0.3 is 15.3 Å². The molecule has 1 atom stereocenters. The number of nitrogens with one attached hydrogen (secondary N) is 1. The Morgan fingerprint density at radius 3 is 2.74 bits per heavy atom. The van der Waals surface area contributed by atoms with Gasteiger partial charge in [-0.05, 0) is 31.0 Å². The van der Waals surface area contributed by atoms with Gasteiger partial charge in [-0.2, -0.15) is 0 Å². The summed E-state index contributed by atoms with van der Waals surface area (Å²) in [6, 6.07) is 4.75. The van der Waals surface area contributed by atoms with E-state index in [9.17, 15) is 14.0 Å². The van der Waals surface area contributed by atoms with Crippen molar-refractivity contribution < 1.29 is 19.1 Å². The summed E-state index contributed by atoms with van der Waals surface area (Å²) >= 11 is 0. The summed E-state index contributed by atoms with van der Waals surface area (Å²) in [4.78, 5) is 23.4. The van der Waals surface area contributed by atoms with Gasteiger partial charge in [0.15, 0.2) is 0 Å². The van der Waals surface area contributed by atoms with Crippen LogP contribution in [0.15, 0.2) is 24.3 Å². The topological polar surface area (TPSA) is 69.6 Å². The minimum absolute atomic E-state index is 0.318. The van der Waals surface area contributed by atoms with E-state index in [-0.39, 0.29) is 5.82 Å². The molecule has 1 aromatic rings. The van der Waals surface area contributed by atoms with Crippen molar-refractivity contribution in [3.63, 3.8) is 0 Å². The quantitative estimate of drug-likeness (QED) is 0.850. The molecule has 0 aromatic heterocycles. The van der Waals surface area contributed by atoms with E-state index in [2.05, 4.69) is 5.32 Å². The zero-order chi connectivity index (χ0) is 14.4. The lowest BCUT2D eigenvalue weighted by Gasteiger charge is -2.21. The molecule has 19 heavy (non-hydrogen) atoms. The maximum absolute atomic E-state index is 12.9. The number of nitrogens with zero attached hydrogens (tertiary/aromatic N) is 1. The number of carbonyl (C=O) groups is 2. The minimum Gasteiger partial charge on any atom is -0.480 e. The van der Waals surface area contributed by atoms with E-state index in [0.717, 1.165) is 10.5 Å². The largest absolute Gasteiger partial charge is 0.480 e. The van der Waals surface area contributed by atoms with Gasteiger partial charge in [-0.3, -0.25) is 0 Å². The summed E-state index contributed by atoms with van der Waals surface area (Å²) < 4.78 is 12.9. The summed E-state index contributed by atoms with van der Waals surface area (Å²) in [5.41, 5.74) is 0.772. The fraction of sp³-hybridized carbons (Fsp3) is 0.385. The molecule has 0 aliphatic carbocycles. The minimum atomic E-state index is -1.07. The zero-order valence-corrected chi connectivity index (χ0v) is 10.9. The molecule has 0 radical (unpaired) electrons. The number of urea groups is 1. The summed E-state index contributed by atoms with van der Waals surface area (Å²) in [6.07, 6.45) is 0.485. The standard InChI is InChI=1S/C13H17FN2O3/c1-9(12(17)18)16(2)13(19)15-7-6-10-4-3-5-11(14)8-10/h3-5,8-9H,6-7H2,1-2H3,(H,15,19)(H,17,18). The number of rotatable bonds is 5. The average molecular weight is 268 g/mol. The molecule has 0 saturated carbocycles. The van der Waals surface area contributed by atoms with Crippen LogP contribution in [0.4, 0.5) is 9.18 Å². The van der Waals surface area contributed by atoms with Crippen LogP contribution in [-0.2, 0) is 11.2 Å². The smallest absolute Gasteiger partial charge is 0.326 e. The molecule has 1 rings (SSSR count). The number of halogens is 1. The number of hydrogen-bond donors (Lipinski definition) is 2. The third-order valence-electron chi connectivity index (χ3n) is 2.84. The fourth-order valence-electron chi connectivity index (χ4n) is 1.47. The maximum Gasteiger partial charge on any atom is 0.326 e. The molecule has 0 fully saturated rings. The summed E-state index contributed by atoms with van der Waals surface area (Å²) in [5, 5.41) is 11.4. The highest BCUT2D eigenvalue weighted by Crippen LogP contribution is 2.03. The van der Waals surface area contributed by atoms with Crippen LogP contribution in [0.5, 0.6) is 0 Å². The number of carbonyl (C=O) groups excluding carboxylic acids is 1. The van der Waals surface area contributed by atoms with Crippen molar-refractivity contribution >= 4 is 12.0 Å². The Kier molecular flexibility index (Phi) is 5.29. The molecule has 1 unspecified atom stereocenters. The molecule has 0 spiro atoms. The van der Waals surface area contributed by atoms with Gasteiger partial charge in [0.25, 0.3) is 0 Å². The molecule has 0 heterocycles. The number of benzene rings is 1. The van der Waals surface area contributed by atoms with Gasteiger partial charge in [-0.15, -0.1) is 0 Å². The van der Waals surface area contributed by atoms with Gasteiger partial charge >= 0.3 is 12.0 Å². The average Bonchev–Trinajstić information content (AvgIpc) is 2.36. The maximum atomic E-state index is 12.9. The summed E-state index contributed by atoms with van der Waals surface area (Å²) in [5.74, 6) is -1.39. The summed E-state index contributed by atoms with van der Waals surface area (Å²) in [6.45, 7) is 1.74. The predicted molar refractivity (Wildman–Crippen MR) is 68.4 cm³/mol. The molecule has 1 aromatic carbocycles. The molecule has 5 nitrogen and oxygen atoms in total. The van der Waals surface area contributed by atoms with Crippen LogP contribution < -0.4 is 5.32 Å². The van der Waals surface area contributed by atoms with Crippen molar-refractivity contribution in [2.75, 3.05) is 13.6 Å². The van der Waals surface area contributed by atoms with Gasteiger partial charge in [-0.25, -0.2) is 14.0 Å². The highest BCUT2D eigenvalue weighted by molar-refractivity contribution is 5.82. The monoisotopic (exact) mass is 268 g/mol. The number of carboxylic acids is 1. The van der Waals surface area contributed by atoms with Crippen molar-refractivity contribution in [3.8, 4) is 0 Å². The highest BCUT2D eigenvalue weighted by atomic mass is 19.1. The number of amides is 2. The molecular weight excluding hydrogens is 251 g/mol. The van der Waals surface area contributed by atoms with Crippen molar-refractivity contribution in [1.82, 2.24) is 10.2 Å². The first kappa shape index (κ1) is 14.9. The second-order valence-electron chi connectivity index (χ2n) is 4.24. The Labute approximate surface area is 111 Å². The first-order valence-electron chi connectivity index (χ1n) is 5.89. The Morgan fingerprint density at radius 2 is 2.16 bits per heavy atom. The molecule has 104 valence electrons. The molecule has 0 aliphatic rings. The van der Waals surface area contributed by atoms with Crippen LogP contribution >= 0.6 is 0 Å². The van der Waals surface area contributed by atoms with Crippen LogP contribution in [0.25, 0.3) is 0 Å². The number of likely N-dealkylation sites (N-methyl/N-ethyl adjacent to an activating group) is 1. The Hall–Kier alpha value is -2.11. The molecular formula is C13H17FN2O3. The lowest BCUT2D eigenvalue weighted by molar-refractivity contribution is -0.141. The van der Waals surface area contributed by atoms with Gasteiger partial charge in [0.1, 0.15) is 11.9 Å². The van der Waals surface area contributed by atoms with Crippen LogP contribution in [-0.4, -0.2) is 41.6 Å². The van der Waals surface area contributed by atoms with Gasteiger partial charge in [0.2, 0.25) is 0 Å². The van der Waals surface area contributed by atoms with Crippen LogP contribution in [0.3, 0.4) is 0 Å². The molecule has 2 amide bonds. The van der Waals surface area contributed by atoms with E-state index < -0.39 is 18.0 Å². The van der Waals surface area contributed by atoms with Gasteiger partial charge in [-0.1, -0.05) is 12.1 Å². The predicted octanol–water partition coefficient (Wildman–Crippen LogP) is 1.48. The molecule has 0 bridgehead atoms.